The van der Waals surface area contributed by atoms with Crippen molar-refractivity contribution in [2.75, 3.05) is 18.4 Å². The molecule has 1 aliphatic heterocycles. The van der Waals surface area contributed by atoms with Crippen LogP contribution in [-0.4, -0.2) is 32.6 Å². The van der Waals surface area contributed by atoms with Gasteiger partial charge in [0.05, 0.1) is 11.3 Å². The topological polar surface area (TPSA) is 45.5 Å². The fourth-order valence-corrected chi connectivity index (χ4v) is 3.35. The summed E-state index contributed by atoms with van der Waals surface area (Å²) in [6.07, 6.45) is -0.628. The maximum atomic E-state index is 12.7. The lowest BCUT2D eigenvalue weighted by Crippen LogP contribution is -2.29. The zero-order valence-corrected chi connectivity index (χ0v) is 14.7. The highest BCUT2D eigenvalue weighted by Gasteiger charge is 2.30. The first kappa shape index (κ1) is 17.8. The van der Waals surface area contributed by atoms with Gasteiger partial charge in [0, 0.05) is 12.2 Å². The summed E-state index contributed by atoms with van der Waals surface area (Å²) in [5.41, 5.74) is 1.58. The molecule has 3 heterocycles. The van der Waals surface area contributed by atoms with E-state index in [1.165, 1.54) is 31.4 Å². The molecule has 0 saturated carbocycles. The molecule has 1 aliphatic rings. The summed E-state index contributed by atoms with van der Waals surface area (Å²) in [5.74, 6) is 0.362. The van der Waals surface area contributed by atoms with Crippen LogP contribution in [0.5, 0.6) is 0 Å². The number of halogens is 3. The zero-order valence-electron chi connectivity index (χ0n) is 14.7. The van der Waals surface area contributed by atoms with Gasteiger partial charge in [-0.2, -0.15) is 18.2 Å². The highest BCUT2D eigenvalue weighted by molar-refractivity contribution is 5.56. The van der Waals surface area contributed by atoms with Crippen LogP contribution in [0, 0.1) is 0 Å². The normalized spacial score (nSPS) is 16.0. The van der Waals surface area contributed by atoms with Gasteiger partial charge in [0.15, 0.2) is 5.65 Å². The van der Waals surface area contributed by atoms with Crippen LogP contribution < -0.4 is 5.32 Å². The van der Waals surface area contributed by atoms with Crippen molar-refractivity contribution in [2.24, 2.45) is 0 Å². The molecule has 4 rings (SSSR count). The number of pyridine rings is 1. The third kappa shape index (κ3) is 4.05. The lowest BCUT2D eigenvalue weighted by Gasteiger charge is -2.26. The molecule has 0 aliphatic carbocycles. The number of likely N-dealkylation sites (tertiary alicyclic amines) is 1. The Balaban J connectivity index is 1.53. The standard InChI is InChI=1S/C19H20F3N5/c20-19(21,22)14-7-9-15(10-8-14)23-18-24-17-6-4-5-16(27(17)25-18)13-26-11-2-1-3-12-26/h4-10H,1-3,11-13H2,(H,23,25). The van der Waals surface area contributed by atoms with Crippen LogP contribution in [0.25, 0.3) is 5.65 Å². The first-order chi connectivity index (χ1) is 13.0. The summed E-state index contributed by atoms with van der Waals surface area (Å²) >= 11 is 0. The van der Waals surface area contributed by atoms with E-state index in [0.29, 0.717) is 17.3 Å². The van der Waals surface area contributed by atoms with Gasteiger partial charge in [0.25, 0.3) is 0 Å². The fourth-order valence-electron chi connectivity index (χ4n) is 3.35. The minimum Gasteiger partial charge on any atom is -0.323 e. The molecule has 142 valence electrons. The van der Waals surface area contributed by atoms with E-state index < -0.39 is 11.7 Å². The predicted molar refractivity (Wildman–Crippen MR) is 96.8 cm³/mol. The van der Waals surface area contributed by atoms with Gasteiger partial charge in [0.1, 0.15) is 0 Å². The van der Waals surface area contributed by atoms with Crippen molar-refractivity contribution in [2.45, 2.75) is 32.0 Å². The summed E-state index contributed by atoms with van der Waals surface area (Å²) < 4.78 is 39.8. The van der Waals surface area contributed by atoms with Gasteiger partial charge < -0.3 is 5.32 Å². The quantitative estimate of drug-likeness (QED) is 0.730. The molecule has 0 atom stereocenters. The molecule has 1 fully saturated rings. The minimum absolute atomic E-state index is 0.362. The molecule has 8 heteroatoms. The first-order valence-electron chi connectivity index (χ1n) is 9.00. The van der Waals surface area contributed by atoms with Crippen LogP contribution in [-0.2, 0) is 12.7 Å². The number of piperidine rings is 1. The molecule has 2 aromatic heterocycles. The number of nitrogens with one attached hydrogen (secondary N) is 1. The lowest BCUT2D eigenvalue weighted by atomic mass is 10.1. The summed E-state index contributed by atoms with van der Waals surface area (Å²) in [4.78, 5) is 6.84. The van der Waals surface area contributed by atoms with Crippen LogP contribution in [0.1, 0.15) is 30.5 Å². The number of benzene rings is 1. The van der Waals surface area contributed by atoms with Gasteiger partial charge >= 0.3 is 6.18 Å². The number of anilines is 2. The number of fused-ring (bicyclic) bond motifs is 1. The number of rotatable bonds is 4. The lowest BCUT2D eigenvalue weighted by molar-refractivity contribution is -0.137. The molecular weight excluding hydrogens is 355 g/mol. The third-order valence-corrected chi connectivity index (χ3v) is 4.74. The Morgan fingerprint density at radius 2 is 1.70 bits per heavy atom. The highest BCUT2D eigenvalue weighted by atomic mass is 19.4. The number of hydrogen-bond acceptors (Lipinski definition) is 4. The molecule has 5 nitrogen and oxygen atoms in total. The number of aromatic nitrogens is 3. The number of hydrogen-bond donors (Lipinski definition) is 1. The Bertz CT molecular complexity index is 911. The largest absolute Gasteiger partial charge is 0.416 e. The van der Waals surface area contributed by atoms with Crippen LogP contribution in [0.15, 0.2) is 42.5 Å². The molecule has 0 spiro atoms. The monoisotopic (exact) mass is 375 g/mol. The Labute approximate surface area is 154 Å². The molecule has 0 bridgehead atoms. The molecule has 3 aromatic rings. The van der Waals surface area contributed by atoms with Crippen LogP contribution in [0.2, 0.25) is 0 Å². The van der Waals surface area contributed by atoms with Crippen molar-refractivity contribution < 1.29 is 13.2 Å². The van der Waals surface area contributed by atoms with Crippen LogP contribution >= 0.6 is 0 Å². The van der Waals surface area contributed by atoms with Crippen molar-refractivity contribution in [3.8, 4) is 0 Å². The van der Waals surface area contributed by atoms with Gasteiger partial charge in [-0.15, -0.1) is 5.10 Å². The van der Waals surface area contributed by atoms with Crippen LogP contribution in [0.4, 0.5) is 24.8 Å². The Hall–Kier alpha value is -2.61. The number of alkyl halides is 3. The van der Waals surface area contributed by atoms with E-state index in [1.807, 2.05) is 18.2 Å². The molecule has 1 aromatic carbocycles. The van der Waals surface area contributed by atoms with Crippen molar-refractivity contribution in [3.05, 3.63) is 53.7 Å². The molecular formula is C19H20F3N5. The highest BCUT2D eigenvalue weighted by Crippen LogP contribution is 2.30. The van der Waals surface area contributed by atoms with Gasteiger partial charge in [-0.25, -0.2) is 4.52 Å². The number of nitrogens with zero attached hydrogens (tertiary/aromatic N) is 4. The van der Waals surface area contributed by atoms with Crippen molar-refractivity contribution in [1.29, 1.82) is 0 Å². The van der Waals surface area contributed by atoms with E-state index in [-0.39, 0.29) is 0 Å². The predicted octanol–water partition coefficient (Wildman–Crippen LogP) is 4.48. The maximum absolute atomic E-state index is 12.7. The molecule has 0 radical (unpaired) electrons. The van der Waals surface area contributed by atoms with Crippen molar-refractivity contribution in [1.82, 2.24) is 19.5 Å². The average Bonchev–Trinajstić information content (AvgIpc) is 3.06. The van der Waals surface area contributed by atoms with Crippen molar-refractivity contribution >= 4 is 17.3 Å². The maximum Gasteiger partial charge on any atom is 0.416 e. The van der Waals surface area contributed by atoms with Gasteiger partial charge in [-0.05, 0) is 62.3 Å². The van der Waals surface area contributed by atoms with E-state index in [0.717, 1.165) is 37.5 Å². The van der Waals surface area contributed by atoms with E-state index in [1.54, 1.807) is 4.52 Å². The van der Waals surface area contributed by atoms with E-state index in [9.17, 15) is 13.2 Å². The first-order valence-corrected chi connectivity index (χ1v) is 9.00. The van der Waals surface area contributed by atoms with Crippen LogP contribution in [0.3, 0.4) is 0 Å². The Morgan fingerprint density at radius 3 is 2.41 bits per heavy atom. The summed E-state index contributed by atoms with van der Waals surface area (Å²) in [6.45, 7) is 2.98. The minimum atomic E-state index is -4.34. The molecule has 0 unspecified atom stereocenters. The smallest absolute Gasteiger partial charge is 0.323 e. The summed E-state index contributed by atoms with van der Waals surface area (Å²) in [7, 11) is 0. The Morgan fingerprint density at radius 1 is 0.963 bits per heavy atom. The van der Waals surface area contributed by atoms with E-state index in [2.05, 4.69) is 20.3 Å². The van der Waals surface area contributed by atoms with Gasteiger partial charge in [-0.3, -0.25) is 4.90 Å². The fraction of sp³-hybridized carbons (Fsp3) is 0.368. The average molecular weight is 375 g/mol. The zero-order chi connectivity index (χ0) is 18.9. The molecule has 0 amide bonds. The molecule has 1 N–H and O–H groups in total. The van der Waals surface area contributed by atoms with Crippen molar-refractivity contribution in [3.63, 3.8) is 0 Å². The second kappa shape index (κ2) is 7.19. The van der Waals surface area contributed by atoms with E-state index >= 15 is 0 Å². The molecule has 27 heavy (non-hydrogen) atoms. The second-order valence-electron chi connectivity index (χ2n) is 6.76. The summed E-state index contributed by atoms with van der Waals surface area (Å²) in [6, 6.07) is 10.7. The molecule has 1 saturated heterocycles. The second-order valence-corrected chi connectivity index (χ2v) is 6.76. The van der Waals surface area contributed by atoms with E-state index in [4.69, 9.17) is 0 Å². The van der Waals surface area contributed by atoms with Gasteiger partial charge in [0.2, 0.25) is 5.95 Å². The summed E-state index contributed by atoms with van der Waals surface area (Å²) in [5, 5.41) is 7.47. The van der Waals surface area contributed by atoms with Gasteiger partial charge in [-0.1, -0.05) is 12.5 Å². The Kier molecular flexibility index (Phi) is 4.73. The third-order valence-electron chi connectivity index (χ3n) is 4.74. The SMILES string of the molecule is FC(F)(F)c1ccc(Nc2nc3cccc(CN4CCCCC4)n3n2)cc1.